The molecule has 0 atom stereocenters. The monoisotopic (exact) mass is 1620 g/mol. The van der Waals surface area contributed by atoms with Gasteiger partial charge in [0.1, 0.15) is 0 Å². The molecular formula is C112H110BClN6O2. The van der Waals surface area contributed by atoms with Crippen molar-refractivity contribution in [3.63, 3.8) is 0 Å². The van der Waals surface area contributed by atoms with Crippen molar-refractivity contribution in [3.05, 3.63) is 379 Å². The molecule has 8 nitrogen and oxygen atoms in total. The van der Waals surface area contributed by atoms with E-state index in [1.54, 1.807) is 12.5 Å². The Morgan fingerprint density at radius 2 is 0.541 bits per heavy atom. The Bertz CT molecular complexity index is 6330. The van der Waals surface area contributed by atoms with E-state index in [1.807, 2.05) is 18.6 Å². The normalized spacial score (nSPS) is 12.8. The molecule has 0 radical (unpaired) electrons. The van der Waals surface area contributed by atoms with Crippen molar-refractivity contribution < 1.29 is 8.83 Å². The minimum atomic E-state index is -0.204. The Morgan fingerprint density at radius 3 is 0.943 bits per heavy atom. The number of para-hydroxylation sites is 4. The number of fused-ring (bicyclic) bond motifs is 6. The van der Waals surface area contributed by atoms with Gasteiger partial charge in [0, 0.05) is 113 Å². The van der Waals surface area contributed by atoms with Gasteiger partial charge in [0.25, 0.3) is 6.71 Å². The minimum Gasteiger partial charge on any atom is -0.471 e. The van der Waals surface area contributed by atoms with E-state index in [0.717, 1.165) is 107 Å². The van der Waals surface area contributed by atoms with Crippen molar-refractivity contribution >= 4 is 159 Å². The number of halogens is 1. The first-order chi connectivity index (χ1) is 58.2. The highest BCUT2D eigenvalue weighted by Gasteiger charge is 2.45. The summed E-state index contributed by atoms with van der Waals surface area (Å²) in [5.41, 5.74) is 30.7. The van der Waals surface area contributed by atoms with Crippen LogP contribution in [0, 0.1) is 0 Å². The zero-order valence-corrected chi connectivity index (χ0v) is 74.5. The molecule has 610 valence electrons. The zero-order chi connectivity index (χ0) is 85.5. The van der Waals surface area contributed by atoms with Gasteiger partial charge >= 0.3 is 0 Å². The molecule has 0 fully saturated rings. The highest BCUT2D eigenvalue weighted by molar-refractivity contribution is 7.00. The van der Waals surface area contributed by atoms with Gasteiger partial charge in [-0.1, -0.05) is 276 Å². The predicted octanol–water partition coefficient (Wildman–Crippen LogP) is 31.3. The van der Waals surface area contributed by atoms with Crippen LogP contribution in [0.3, 0.4) is 0 Å². The van der Waals surface area contributed by atoms with Crippen molar-refractivity contribution in [1.82, 2.24) is 0 Å². The Balaban J connectivity index is 0.000000173. The predicted molar refractivity (Wildman–Crippen MR) is 522 cm³/mol. The molecule has 14 aromatic carbocycles. The average Bonchev–Trinajstić information content (AvgIpc) is 0.842. The maximum absolute atomic E-state index is 7.90. The zero-order valence-electron chi connectivity index (χ0n) is 73.8. The van der Waals surface area contributed by atoms with E-state index in [-0.39, 0.29) is 39.2 Å². The van der Waals surface area contributed by atoms with E-state index in [2.05, 4.69) is 463 Å². The van der Waals surface area contributed by atoms with E-state index < -0.39 is 0 Å². The molecule has 0 saturated carbocycles. The van der Waals surface area contributed by atoms with E-state index in [9.17, 15) is 0 Å². The number of nitrogens with zero attached hydrogens (tertiary/aromatic N) is 6. The first-order valence-corrected chi connectivity index (χ1v) is 43.2. The van der Waals surface area contributed by atoms with Crippen molar-refractivity contribution in [3.8, 4) is 0 Å². The van der Waals surface area contributed by atoms with Crippen LogP contribution in [0.15, 0.2) is 349 Å². The molecule has 0 spiro atoms. The van der Waals surface area contributed by atoms with Crippen LogP contribution < -0.4 is 45.8 Å². The molecule has 0 bridgehead atoms. The number of hydrogen-bond acceptors (Lipinski definition) is 8. The van der Waals surface area contributed by atoms with Gasteiger partial charge < -0.3 is 38.2 Å². The number of rotatable bonds is 14. The van der Waals surface area contributed by atoms with Crippen LogP contribution >= 0.6 is 11.6 Å². The third-order valence-electron chi connectivity index (χ3n) is 24.2. The Labute approximate surface area is 728 Å². The van der Waals surface area contributed by atoms with Gasteiger partial charge in [0.05, 0.1) is 41.5 Å². The van der Waals surface area contributed by atoms with Crippen LogP contribution in [0.25, 0.3) is 21.5 Å². The molecule has 2 aliphatic rings. The second-order valence-corrected chi connectivity index (χ2v) is 39.5. The fourth-order valence-corrected chi connectivity index (χ4v) is 17.6. The molecule has 18 rings (SSSR count). The first kappa shape index (κ1) is 81.7. The SMILES string of the molecule is CC(C)(C)c1ccc(N(c2ccc(C(C)(C)C)cc2)c2ccc3c(c2)N(c2ccccc2)c2cc(C(C)(C)C)cc4c2B3c2cc3cocc3cc2N4c2ccccc2)cc1.CC(C)(C)c1ccc(N(c2ccc(C(C)(C)C)cc2)c2cccc(N(c3ccccc3)c3cc(C(C)(C)C)cc(N(c4ccccc4)c4ccc5cocc5c4)c3Cl)c2)cc1. The number of benzene rings is 14. The molecule has 4 heterocycles. The fraction of sp³-hybridized carbons (Fsp3) is 0.214. The third-order valence-corrected chi connectivity index (χ3v) is 24.6. The quantitative estimate of drug-likeness (QED) is 0.0998. The summed E-state index contributed by atoms with van der Waals surface area (Å²) < 4.78 is 11.5. The Kier molecular flexibility index (Phi) is 21.2. The highest BCUT2D eigenvalue weighted by atomic mass is 35.5. The summed E-state index contributed by atoms with van der Waals surface area (Å²) in [6.07, 6.45) is 7.34. The lowest BCUT2D eigenvalue weighted by molar-refractivity contribution is 0.572. The summed E-state index contributed by atoms with van der Waals surface area (Å²) in [6.45, 7) is 41.0. The summed E-state index contributed by atoms with van der Waals surface area (Å²) >= 11 is 7.90. The van der Waals surface area contributed by atoms with E-state index in [0.29, 0.717) is 5.02 Å². The minimum absolute atomic E-state index is 0.0251. The molecule has 0 N–H and O–H groups in total. The van der Waals surface area contributed by atoms with Crippen LogP contribution in [0.4, 0.5) is 102 Å². The van der Waals surface area contributed by atoms with E-state index in [4.69, 9.17) is 20.4 Å². The second kappa shape index (κ2) is 31.7. The topological polar surface area (TPSA) is 45.7 Å². The van der Waals surface area contributed by atoms with Gasteiger partial charge in [-0.25, -0.2) is 0 Å². The molecule has 0 saturated heterocycles. The van der Waals surface area contributed by atoms with Gasteiger partial charge in [-0.3, -0.25) is 0 Å². The Hall–Kier alpha value is -12.7. The summed E-state index contributed by atoms with van der Waals surface area (Å²) in [6, 6.07) is 116. The standard InChI is InChI=1S/C56H54BN3O.C56H56ClN3O/c1-54(2,3)39-20-24-44(25-21-39)58(45-26-22-40(23-27-45)55(4,5)6)46-28-29-47-50(34-46)60(43-18-14-11-15-19-43)52-33-41(56(7,8)9)32-51-53(52)57(47)48-30-37-35-61-36-38(37)31-49(48)59(51)42-16-12-10-13-17-42;1-54(2,3)41-24-29-46(30-25-41)58(47-31-26-42(27-32-47)55(4,5)6)48-21-16-22-49(36-48)59(44-17-12-10-13-18-44)51-34-43(56(7,8)9)35-52(53(51)57)60(45-19-14-11-15-20-45)50-28-23-39-37-61-38-40(39)33-50/h10-36H,1-9H3;10-38H,1-9H3. The molecule has 0 unspecified atom stereocenters. The van der Waals surface area contributed by atoms with Crippen molar-refractivity contribution in [2.45, 2.75) is 157 Å². The summed E-state index contributed by atoms with van der Waals surface area (Å²) in [5, 5.41) is 4.90. The highest BCUT2D eigenvalue weighted by Crippen LogP contribution is 2.53. The molecule has 2 aliphatic heterocycles. The maximum Gasteiger partial charge on any atom is 0.252 e. The molecule has 0 amide bonds. The van der Waals surface area contributed by atoms with E-state index >= 15 is 0 Å². The largest absolute Gasteiger partial charge is 0.471 e. The average molecular weight is 1620 g/mol. The van der Waals surface area contributed by atoms with E-state index in [1.165, 1.54) is 67.0 Å². The van der Waals surface area contributed by atoms with Crippen LogP contribution in [0.5, 0.6) is 0 Å². The van der Waals surface area contributed by atoms with Gasteiger partial charge in [-0.15, -0.1) is 0 Å². The van der Waals surface area contributed by atoms with Crippen LogP contribution in [-0.2, 0) is 32.5 Å². The maximum atomic E-state index is 7.90. The molecular weight excluding hydrogens is 1510 g/mol. The summed E-state index contributed by atoms with van der Waals surface area (Å²) in [4.78, 5) is 14.4. The van der Waals surface area contributed by atoms with Crippen LogP contribution in [0.1, 0.15) is 158 Å². The van der Waals surface area contributed by atoms with Crippen molar-refractivity contribution in [2.24, 2.45) is 0 Å². The lowest BCUT2D eigenvalue weighted by atomic mass is 9.33. The first-order valence-electron chi connectivity index (χ1n) is 42.9. The van der Waals surface area contributed by atoms with Gasteiger partial charge in [-0.05, 0) is 258 Å². The fourth-order valence-electron chi connectivity index (χ4n) is 17.3. The summed E-state index contributed by atoms with van der Waals surface area (Å²) in [7, 11) is 0. The number of hydrogen-bond donors (Lipinski definition) is 0. The van der Waals surface area contributed by atoms with Crippen LogP contribution in [-0.4, -0.2) is 6.71 Å². The third kappa shape index (κ3) is 16.0. The Morgan fingerprint density at radius 1 is 0.238 bits per heavy atom. The molecule has 16 aromatic rings. The molecule has 10 heteroatoms. The number of furan rings is 2. The van der Waals surface area contributed by atoms with Crippen molar-refractivity contribution in [1.29, 1.82) is 0 Å². The van der Waals surface area contributed by atoms with Gasteiger partial charge in [-0.2, -0.15) is 0 Å². The smallest absolute Gasteiger partial charge is 0.252 e. The van der Waals surface area contributed by atoms with Crippen molar-refractivity contribution in [2.75, 3.05) is 29.4 Å². The number of anilines is 18. The van der Waals surface area contributed by atoms with Crippen LogP contribution in [0.2, 0.25) is 5.02 Å². The summed E-state index contributed by atoms with van der Waals surface area (Å²) in [5.74, 6) is 0. The lowest BCUT2D eigenvalue weighted by Gasteiger charge is -2.45. The lowest BCUT2D eigenvalue weighted by Crippen LogP contribution is -2.61. The van der Waals surface area contributed by atoms with Gasteiger partial charge in [0.2, 0.25) is 0 Å². The molecule has 122 heavy (non-hydrogen) atoms. The molecule has 2 aromatic heterocycles. The molecule has 0 aliphatic carbocycles. The van der Waals surface area contributed by atoms with Gasteiger partial charge in [0.15, 0.2) is 0 Å². The second-order valence-electron chi connectivity index (χ2n) is 39.1.